The number of rotatable bonds is 5. The number of halogens is 1. The first-order valence-electron chi connectivity index (χ1n) is 6.39. The summed E-state index contributed by atoms with van der Waals surface area (Å²) in [7, 11) is 2.79. The molecule has 1 unspecified atom stereocenters. The molecule has 0 spiro atoms. The highest BCUT2D eigenvalue weighted by molar-refractivity contribution is 5.81. The van der Waals surface area contributed by atoms with Crippen molar-refractivity contribution in [1.29, 1.82) is 0 Å². The molecule has 2 rings (SSSR count). The molecule has 4 nitrogen and oxygen atoms in total. The molecule has 0 heterocycles. The van der Waals surface area contributed by atoms with Gasteiger partial charge in [0.2, 0.25) is 0 Å². The maximum absolute atomic E-state index is 13.9. The van der Waals surface area contributed by atoms with Crippen LogP contribution in [-0.2, 0) is 9.53 Å². The van der Waals surface area contributed by atoms with Gasteiger partial charge in [0, 0.05) is 5.56 Å². The lowest BCUT2D eigenvalue weighted by molar-refractivity contribution is -0.141. The van der Waals surface area contributed by atoms with E-state index in [1.165, 1.54) is 20.3 Å². The summed E-state index contributed by atoms with van der Waals surface area (Å²) in [5.74, 6) is -0.496. The number of ether oxygens (including phenoxy) is 2. The van der Waals surface area contributed by atoms with E-state index >= 15 is 0 Å². The van der Waals surface area contributed by atoms with Gasteiger partial charge in [-0.2, -0.15) is 0 Å². The summed E-state index contributed by atoms with van der Waals surface area (Å²) < 4.78 is 23.9. The highest BCUT2D eigenvalue weighted by Gasteiger charge is 2.25. The van der Waals surface area contributed by atoms with Gasteiger partial charge in [0.15, 0.2) is 6.04 Å². The van der Waals surface area contributed by atoms with Gasteiger partial charge in [0.05, 0.1) is 19.9 Å². The van der Waals surface area contributed by atoms with E-state index in [2.05, 4.69) is 5.32 Å². The number of para-hydroxylation sites is 2. The average molecular weight is 289 g/mol. The molecule has 110 valence electrons. The zero-order valence-corrected chi connectivity index (χ0v) is 11.8. The van der Waals surface area contributed by atoms with Crippen molar-refractivity contribution in [2.24, 2.45) is 0 Å². The van der Waals surface area contributed by atoms with Crippen LogP contribution in [0.3, 0.4) is 0 Å². The molecule has 21 heavy (non-hydrogen) atoms. The monoisotopic (exact) mass is 289 g/mol. The summed E-state index contributed by atoms with van der Waals surface area (Å²) >= 11 is 0. The molecule has 1 N–H and O–H groups in total. The Morgan fingerprint density at radius 3 is 2.43 bits per heavy atom. The summed E-state index contributed by atoms with van der Waals surface area (Å²) in [5.41, 5.74) is 0.800. The second-order valence-electron chi connectivity index (χ2n) is 4.32. The first kappa shape index (κ1) is 14.8. The Kier molecular flexibility index (Phi) is 4.77. The Labute approximate surface area is 122 Å². The highest BCUT2D eigenvalue weighted by atomic mass is 19.1. The van der Waals surface area contributed by atoms with Crippen molar-refractivity contribution in [1.82, 2.24) is 0 Å². The van der Waals surface area contributed by atoms with Crippen LogP contribution in [0.15, 0.2) is 48.5 Å². The van der Waals surface area contributed by atoms with Crippen LogP contribution in [0.1, 0.15) is 11.6 Å². The van der Waals surface area contributed by atoms with Crippen LogP contribution in [0.25, 0.3) is 0 Å². The molecule has 5 heteroatoms. The Bertz CT molecular complexity index is 630. The predicted molar refractivity (Wildman–Crippen MR) is 77.8 cm³/mol. The van der Waals surface area contributed by atoms with Gasteiger partial charge in [-0.1, -0.05) is 30.3 Å². The quantitative estimate of drug-likeness (QED) is 0.859. The Morgan fingerprint density at radius 2 is 1.76 bits per heavy atom. The van der Waals surface area contributed by atoms with E-state index in [1.54, 1.807) is 42.5 Å². The van der Waals surface area contributed by atoms with Crippen molar-refractivity contribution in [2.75, 3.05) is 19.5 Å². The standard InChI is InChI=1S/C16H16FNO3/c1-20-14-10-6-5-9-13(14)18-15(16(19)21-2)11-7-3-4-8-12(11)17/h3-10,15,18H,1-2H3. The minimum atomic E-state index is -0.951. The van der Waals surface area contributed by atoms with E-state index in [0.29, 0.717) is 11.4 Å². The molecule has 2 aromatic rings. The van der Waals surface area contributed by atoms with Crippen molar-refractivity contribution in [3.63, 3.8) is 0 Å². The normalized spacial score (nSPS) is 11.6. The number of carbonyl (C=O) groups excluding carboxylic acids is 1. The van der Waals surface area contributed by atoms with Crippen LogP contribution in [0.4, 0.5) is 10.1 Å². The van der Waals surface area contributed by atoms with Crippen molar-refractivity contribution in [2.45, 2.75) is 6.04 Å². The molecule has 0 saturated carbocycles. The first-order chi connectivity index (χ1) is 10.2. The second-order valence-corrected chi connectivity index (χ2v) is 4.32. The van der Waals surface area contributed by atoms with Crippen LogP contribution in [0, 0.1) is 5.82 Å². The molecule has 0 amide bonds. The second kappa shape index (κ2) is 6.74. The molecule has 1 atom stereocenters. The Balaban J connectivity index is 2.38. The third-order valence-corrected chi connectivity index (χ3v) is 3.06. The summed E-state index contributed by atoms with van der Waals surface area (Å²) in [4.78, 5) is 12.0. The molecule has 0 saturated heterocycles. The molecule has 0 aliphatic carbocycles. The molecule has 0 aromatic heterocycles. The number of hydrogen-bond acceptors (Lipinski definition) is 4. The molecule has 0 aliphatic heterocycles. The van der Waals surface area contributed by atoms with Crippen LogP contribution >= 0.6 is 0 Å². The lowest BCUT2D eigenvalue weighted by Crippen LogP contribution is -2.23. The largest absolute Gasteiger partial charge is 0.495 e. The third kappa shape index (κ3) is 3.31. The topological polar surface area (TPSA) is 47.6 Å². The molecule has 0 bridgehead atoms. The number of methoxy groups -OCH3 is 2. The van der Waals surface area contributed by atoms with Crippen molar-refractivity contribution in [3.8, 4) is 5.75 Å². The van der Waals surface area contributed by atoms with Crippen LogP contribution < -0.4 is 10.1 Å². The van der Waals surface area contributed by atoms with E-state index in [4.69, 9.17) is 9.47 Å². The van der Waals surface area contributed by atoms with Crippen molar-refractivity contribution >= 4 is 11.7 Å². The number of nitrogens with one attached hydrogen (secondary N) is 1. The van der Waals surface area contributed by atoms with Gasteiger partial charge in [0.25, 0.3) is 0 Å². The SMILES string of the molecule is COC(=O)C(Nc1ccccc1OC)c1ccccc1F. The smallest absolute Gasteiger partial charge is 0.333 e. The zero-order valence-electron chi connectivity index (χ0n) is 11.8. The zero-order chi connectivity index (χ0) is 15.2. The Morgan fingerprint density at radius 1 is 1.10 bits per heavy atom. The van der Waals surface area contributed by atoms with Gasteiger partial charge in [-0.3, -0.25) is 0 Å². The number of carbonyl (C=O) groups is 1. The third-order valence-electron chi connectivity index (χ3n) is 3.06. The summed E-state index contributed by atoms with van der Waals surface area (Å²) in [6.45, 7) is 0. The fraction of sp³-hybridized carbons (Fsp3) is 0.188. The molecular weight excluding hydrogens is 273 g/mol. The summed E-state index contributed by atoms with van der Waals surface area (Å²) in [6.07, 6.45) is 0. The van der Waals surface area contributed by atoms with Crippen molar-refractivity contribution in [3.05, 3.63) is 59.9 Å². The van der Waals surface area contributed by atoms with Gasteiger partial charge in [-0.15, -0.1) is 0 Å². The maximum Gasteiger partial charge on any atom is 0.333 e. The fourth-order valence-corrected chi connectivity index (χ4v) is 2.01. The Hall–Kier alpha value is -2.56. The fourth-order valence-electron chi connectivity index (χ4n) is 2.01. The van der Waals surface area contributed by atoms with Gasteiger partial charge >= 0.3 is 5.97 Å². The van der Waals surface area contributed by atoms with E-state index in [9.17, 15) is 9.18 Å². The van der Waals surface area contributed by atoms with Crippen molar-refractivity contribution < 1.29 is 18.7 Å². The lowest BCUT2D eigenvalue weighted by Gasteiger charge is -2.20. The summed E-state index contributed by atoms with van der Waals surface area (Å²) in [6, 6.07) is 12.2. The molecule has 0 radical (unpaired) electrons. The lowest BCUT2D eigenvalue weighted by atomic mass is 10.1. The minimum Gasteiger partial charge on any atom is -0.495 e. The average Bonchev–Trinajstić information content (AvgIpc) is 2.53. The number of benzene rings is 2. The molecule has 2 aromatic carbocycles. The molecule has 0 fully saturated rings. The van der Waals surface area contributed by atoms with E-state index < -0.39 is 17.8 Å². The van der Waals surface area contributed by atoms with E-state index in [0.717, 1.165) is 0 Å². The first-order valence-corrected chi connectivity index (χ1v) is 6.39. The predicted octanol–water partition coefficient (Wildman–Crippen LogP) is 3.16. The maximum atomic E-state index is 13.9. The molecular formula is C16H16FNO3. The van der Waals surface area contributed by atoms with Gasteiger partial charge in [-0.25, -0.2) is 9.18 Å². The van der Waals surface area contributed by atoms with Crippen LogP contribution in [-0.4, -0.2) is 20.2 Å². The number of esters is 1. The van der Waals surface area contributed by atoms with Gasteiger partial charge in [0.1, 0.15) is 11.6 Å². The summed E-state index contributed by atoms with van der Waals surface area (Å²) in [5, 5.41) is 2.97. The highest BCUT2D eigenvalue weighted by Crippen LogP contribution is 2.29. The van der Waals surface area contributed by atoms with Gasteiger partial charge in [-0.05, 0) is 18.2 Å². The molecule has 0 aliphatic rings. The van der Waals surface area contributed by atoms with E-state index in [1.807, 2.05) is 0 Å². The van der Waals surface area contributed by atoms with E-state index in [-0.39, 0.29) is 5.56 Å². The number of hydrogen-bond donors (Lipinski definition) is 1. The van der Waals surface area contributed by atoms with Crippen LogP contribution in [0.5, 0.6) is 5.75 Å². The van der Waals surface area contributed by atoms with Crippen LogP contribution in [0.2, 0.25) is 0 Å². The minimum absolute atomic E-state index is 0.218. The number of anilines is 1. The van der Waals surface area contributed by atoms with Gasteiger partial charge < -0.3 is 14.8 Å².